The molecule has 0 bridgehead atoms. The first-order valence-electron chi connectivity index (χ1n) is 6.05. The average Bonchev–Trinajstić information content (AvgIpc) is 2.38. The van der Waals surface area contributed by atoms with Crippen LogP contribution in [-0.4, -0.2) is 17.1 Å². The van der Waals surface area contributed by atoms with Crippen LogP contribution < -0.4 is 10.5 Å². The van der Waals surface area contributed by atoms with Gasteiger partial charge in [-0.1, -0.05) is 37.7 Å². The van der Waals surface area contributed by atoms with Crippen LogP contribution in [0.25, 0.3) is 0 Å². The Hall–Kier alpha value is -1.75. The molecule has 1 aromatic heterocycles. The second-order valence-electron chi connectivity index (χ2n) is 4.43. The highest BCUT2D eigenvalue weighted by Crippen LogP contribution is 2.29. The molecule has 0 saturated carbocycles. The van der Waals surface area contributed by atoms with Gasteiger partial charge in [-0.25, -0.2) is 4.98 Å². The van der Waals surface area contributed by atoms with Crippen molar-refractivity contribution in [2.45, 2.75) is 29.7 Å². The predicted molar refractivity (Wildman–Crippen MR) is 77.7 cm³/mol. The fourth-order valence-electron chi connectivity index (χ4n) is 1.62. The number of methoxy groups -OCH3 is 1. The fraction of sp³-hybridized carbons (Fsp3) is 0.286. The number of nitrogen functional groups attached to an aromatic ring is 1. The molecule has 0 radical (unpaired) electrons. The van der Waals surface area contributed by atoms with E-state index in [0.717, 1.165) is 9.92 Å². The highest BCUT2D eigenvalue weighted by atomic mass is 32.2. The van der Waals surface area contributed by atoms with E-state index in [4.69, 9.17) is 10.5 Å². The van der Waals surface area contributed by atoms with Gasteiger partial charge in [0.15, 0.2) is 0 Å². The maximum Gasteiger partial charge on any atom is 0.224 e. The third kappa shape index (κ3) is 3.61. The summed E-state index contributed by atoms with van der Waals surface area (Å²) in [6.07, 6.45) is 0. The Labute approximate surface area is 117 Å². The van der Waals surface area contributed by atoms with Crippen LogP contribution >= 0.6 is 11.8 Å². The summed E-state index contributed by atoms with van der Waals surface area (Å²) in [7, 11) is 1.56. The second-order valence-corrected chi connectivity index (χ2v) is 5.53. The number of hydrogen-bond donors (Lipinski definition) is 1. The summed E-state index contributed by atoms with van der Waals surface area (Å²) in [5.74, 6) is 1.24. The minimum atomic E-state index is 0.223. The summed E-state index contributed by atoms with van der Waals surface area (Å²) in [5.41, 5.74) is 6.96. The minimum Gasteiger partial charge on any atom is -0.481 e. The van der Waals surface area contributed by atoms with E-state index in [1.54, 1.807) is 24.9 Å². The fourth-order valence-corrected chi connectivity index (χ4v) is 2.43. The second kappa shape index (κ2) is 5.93. The lowest BCUT2D eigenvalue weighted by atomic mass is 10.0. The highest BCUT2D eigenvalue weighted by molar-refractivity contribution is 7.99. The van der Waals surface area contributed by atoms with Crippen LogP contribution in [0.4, 0.5) is 5.95 Å². The summed E-state index contributed by atoms with van der Waals surface area (Å²) in [5, 5.41) is 0.779. The highest BCUT2D eigenvalue weighted by Gasteiger charge is 2.05. The molecule has 1 heterocycles. The van der Waals surface area contributed by atoms with E-state index in [-0.39, 0.29) is 5.95 Å². The molecule has 1 aromatic carbocycles. The molecular weight excluding hydrogens is 258 g/mol. The van der Waals surface area contributed by atoms with Gasteiger partial charge in [-0.15, -0.1) is 0 Å². The van der Waals surface area contributed by atoms with E-state index >= 15 is 0 Å². The summed E-state index contributed by atoms with van der Waals surface area (Å²) in [6, 6.07) is 10.2. The number of benzene rings is 1. The molecule has 19 heavy (non-hydrogen) atoms. The molecule has 0 unspecified atom stereocenters. The van der Waals surface area contributed by atoms with Crippen LogP contribution in [0.2, 0.25) is 0 Å². The third-order valence-electron chi connectivity index (χ3n) is 2.67. The van der Waals surface area contributed by atoms with Crippen molar-refractivity contribution in [3.05, 3.63) is 35.9 Å². The average molecular weight is 275 g/mol. The quantitative estimate of drug-likeness (QED) is 0.867. The molecule has 0 spiro atoms. The number of hydrogen-bond acceptors (Lipinski definition) is 5. The molecule has 0 aliphatic heterocycles. The van der Waals surface area contributed by atoms with Crippen molar-refractivity contribution in [2.75, 3.05) is 12.8 Å². The van der Waals surface area contributed by atoms with Crippen molar-refractivity contribution in [1.29, 1.82) is 0 Å². The minimum absolute atomic E-state index is 0.223. The van der Waals surface area contributed by atoms with Crippen LogP contribution in [-0.2, 0) is 0 Å². The summed E-state index contributed by atoms with van der Waals surface area (Å²) < 4.78 is 5.08. The molecule has 5 heteroatoms. The number of aromatic nitrogens is 2. The Kier molecular flexibility index (Phi) is 4.27. The van der Waals surface area contributed by atoms with Gasteiger partial charge in [0.25, 0.3) is 0 Å². The first-order chi connectivity index (χ1) is 9.08. The lowest BCUT2D eigenvalue weighted by Gasteiger charge is -2.07. The van der Waals surface area contributed by atoms with Gasteiger partial charge in [0.2, 0.25) is 11.8 Å². The Morgan fingerprint density at radius 1 is 1.16 bits per heavy atom. The molecule has 0 amide bonds. The standard InChI is InChI=1S/C14H17N3OS/c1-9(2)10-4-6-11(7-5-10)19-13-8-12(18-3)16-14(15)17-13/h4-9H,1-3H3,(H2,15,16,17). The Morgan fingerprint density at radius 2 is 1.84 bits per heavy atom. The maximum absolute atomic E-state index is 5.64. The van der Waals surface area contributed by atoms with E-state index in [0.29, 0.717) is 11.8 Å². The number of ether oxygens (including phenoxy) is 1. The largest absolute Gasteiger partial charge is 0.481 e. The first-order valence-corrected chi connectivity index (χ1v) is 6.86. The van der Waals surface area contributed by atoms with Crippen molar-refractivity contribution in [3.63, 3.8) is 0 Å². The molecular formula is C14H17N3OS. The number of nitrogens with zero attached hydrogens (tertiary/aromatic N) is 2. The SMILES string of the molecule is COc1cc(Sc2ccc(C(C)C)cc2)nc(N)n1. The molecule has 0 fully saturated rings. The molecule has 0 aliphatic carbocycles. The van der Waals surface area contributed by atoms with Crippen molar-refractivity contribution >= 4 is 17.7 Å². The Morgan fingerprint density at radius 3 is 2.42 bits per heavy atom. The van der Waals surface area contributed by atoms with Gasteiger partial charge >= 0.3 is 0 Å². The normalized spacial score (nSPS) is 10.7. The zero-order chi connectivity index (χ0) is 13.8. The van der Waals surface area contributed by atoms with Gasteiger partial charge in [0.1, 0.15) is 5.03 Å². The summed E-state index contributed by atoms with van der Waals surface area (Å²) in [6.45, 7) is 4.36. The lowest BCUT2D eigenvalue weighted by Crippen LogP contribution is -1.98. The van der Waals surface area contributed by atoms with Crippen LogP contribution in [0.15, 0.2) is 40.3 Å². The van der Waals surface area contributed by atoms with Crippen LogP contribution in [0, 0.1) is 0 Å². The molecule has 0 atom stereocenters. The predicted octanol–water partition coefficient (Wildman–Crippen LogP) is 3.34. The van der Waals surface area contributed by atoms with E-state index in [9.17, 15) is 0 Å². The van der Waals surface area contributed by atoms with Crippen molar-refractivity contribution in [2.24, 2.45) is 0 Å². The zero-order valence-corrected chi connectivity index (χ0v) is 12.1. The third-order valence-corrected chi connectivity index (χ3v) is 3.60. The monoisotopic (exact) mass is 275 g/mol. The summed E-state index contributed by atoms with van der Waals surface area (Å²) in [4.78, 5) is 9.26. The Balaban J connectivity index is 2.18. The van der Waals surface area contributed by atoms with Crippen molar-refractivity contribution in [1.82, 2.24) is 9.97 Å². The first kappa shape index (κ1) is 13.7. The molecule has 2 aromatic rings. The number of anilines is 1. The number of rotatable bonds is 4. The van der Waals surface area contributed by atoms with E-state index < -0.39 is 0 Å². The Bertz CT molecular complexity index is 555. The number of nitrogens with two attached hydrogens (primary N) is 1. The molecule has 0 aliphatic rings. The van der Waals surface area contributed by atoms with Gasteiger partial charge in [-0.05, 0) is 23.6 Å². The van der Waals surface area contributed by atoms with E-state index in [1.165, 1.54) is 5.56 Å². The molecule has 2 rings (SSSR count). The van der Waals surface area contributed by atoms with Gasteiger partial charge in [0.05, 0.1) is 7.11 Å². The van der Waals surface area contributed by atoms with E-state index in [1.807, 2.05) is 0 Å². The van der Waals surface area contributed by atoms with Crippen LogP contribution in [0.1, 0.15) is 25.3 Å². The lowest BCUT2D eigenvalue weighted by molar-refractivity contribution is 0.396. The van der Waals surface area contributed by atoms with Gasteiger partial charge in [-0.2, -0.15) is 4.98 Å². The smallest absolute Gasteiger partial charge is 0.224 e. The zero-order valence-electron chi connectivity index (χ0n) is 11.3. The van der Waals surface area contributed by atoms with Crippen LogP contribution in [0.5, 0.6) is 5.88 Å². The molecule has 2 N–H and O–H groups in total. The van der Waals surface area contributed by atoms with Crippen LogP contribution in [0.3, 0.4) is 0 Å². The summed E-state index contributed by atoms with van der Waals surface area (Å²) >= 11 is 1.54. The molecule has 4 nitrogen and oxygen atoms in total. The van der Waals surface area contributed by atoms with Gasteiger partial charge in [0, 0.05) is 11.0 Å². The van der Waals surface area contributed by atoms with Crippen molar-refractivity contribution in [3.8, 4) is 5.88 Å². The van der Waals surface area contributed by atoms with E-state index in [2.05, 4.69) is 48.1 Å². The van der Waals surface area contributed by atoms with Crippen molar-refractivity contribution < 1.29 is 4.74 Å². The maximum atomic E-state index is 5.64. The van der Waals surface area contributed by atoms with Gasteiger partial charge in [-0.3, -0.25) is 0 Å². The molecule has 100 valence electrons. The topological polar surface area (TPSA) is 61.0 Å². The molecule has 0 saturated heterocycles. The van der Waals surface area contributed by atoms with Gasteiger partial charge < -0.3 is 10.5 Å².